The Morgan fingerprint density at radius 3 is 2.07 bits per heavy atom. The summed E-state index contributed by atoms with van der Waals surface area (Å²) in [6, 6.07) is 9.52. The second-order valence-corrected chi connectivity index (χ2v) is 9.60. The van der Waals surface area contributed by atoms with Crippen LogP contribution in [-0.2, 0) is 15.4 Å². The van der Waals surface area contributed by atoms with Crippen LogP contribution in [0.4, 0.5) is 0 Å². The summed E-state index contributed by atoms with van der Waals surface area (Å²) in [6.45, 7) is 5.59. The highest BCUT2D eigenvalue weighted by Gasteiger charge is 2.43. The Kier molecular flexibility index (Phi) is 5.17. The monoisotopic (exact) mass is 417 g/mol. The van der Waals surface area contributed by atoms with Crippen molar-refractivity contribution in [1.29, 1.82) is 0 Å². The van der Waals surface area contributed by atoms with Crippen LogP contribution in [0.15, 0.2) is 41.3 Å². The number of ether oxygens (including phenoxy) is 2. The van der Waals surface area contributed by atoms with Crippen molar-refractivity contribution < 1.29 is 27.5 Å². The smallest absolute Gasteiger partial charge is 0.269 e. The molecule has 0 saturated heterocycles. The summed E-state index contributed by atoms with van der Waals surface area (Å²) in [5.41, 5.74) is 1.27. The van der Waals surface area contributed by atoms with Gasteiger partial charge in [0.15, 0.2) is 17.3 Å². The Labute approximate surface area is 170 Å². The van der Waals surface area contributed by atoms with E-state index in [1.54, 1.807) is 12.1 Å². The van der Waals surface area contributed by atoms with Gasteiger partial charge in [0.1, 0.15) is 11.4 Å². The predicted molar refractivity (Wildman–Crippen MR) is 107 cm³/mol. The minimum atomic E-state index is -4.16. The molecule has 0 aliphatic carbocycles. The summed E-state index contributed by atoms with van der Waals surface area (Å²) in [5.74, 6) is -0.802. The van der Waals surface area contributed by atoms with Crippen molar-refractivity contribution in [3.63, 3.8) is 0 Å². The Morgan fingerprint density at radius 2 is 1.55 bits per heavy atom. The number of hydrogen-bond donors (Lipinski definition) is 0. The van der Waals surface area contributed by atoms with Crippen molar-refractivity contribution in [3.8, 4) is 11.5 Å². The lowest BCUT2D eigenvalue weighted by atomic mass is 9.86. The number of rotatable bonds is 5. The lowest BCUT2D eigenvalue weighted by molar-refractivity contribution is 0.0820. The third-order valence-corrected chi connectivity index (χ3v) is 6.64. The number of Topliss-reactive ketones (excluding diaryl/α,β-unsaturated/α-hetero) is 1. The quantitative estimate of drug-likeness (QED) is 0.695. The third kappa shape index (κ3) is 3.60. The number of carbonyl (C=O) groups excluding carboxylic acids is 2. The number of sulfonamides is 1. The highest BCUT2D eigenvalue weighted by atomic mass is 32.2. The first-order valence-corrected chi connectivity index (χ1v) is 10.4. The molecule has 1 amide bonds. The maximum atomic E-state index is 12.9. The molecule has 3 rings (SSSR count). The van der Waals surface area contributed by atoms with Crippen LogP contribution in [0.25, 0.3) is 0 Å². The van der Waals surface area contributed by atoms with E-state index >= 15 is 0 Å². The minimum absolute atomic E-state index is 0.0430. The molecule has 1 aliphatic rings. The average molecular weight is 417 g/mol. The molecule has 0 aromatic heterocycles. The number of fused-ring (bicyclic) bond motifs is 1. The van der Waals surface area contributed by atoms with E-state index in [4.69, 9.17) is 9.47 Å². The summed E-state index contributed by atoms with van der Waals surface area (Å²) in [7, 11) is -1.40. The van der Waals surface area contributed by atoms with Crippen LogP contribution in [0.3, 0.4) is 0 Å². The molecule has 7 nitrogen and oxygen atoms in total. The molecule has 154 valence electrons. The Hall–Kier alpha value is -2.87. The first kappa shape index (κ1) is 20.9. The van der Waals surface area contributed by atoms with E-state index in [-0.39, 0.29) is 27.4 Å². The fraction of sp³-hybridized carbons (Fsp3) is 0.333. The Morgan fingerprint density at radius 1 is 1.00 bits per heavy atom. The second kappa shape index (κ2) is 7.18. The van der Waals surface area contributed by atoms with E-state index < -0.39 is 28.3 Å². The van der Waals surface area contributed by atoms with Gasteiger partial charge in [-0.1, -0.05) is 45.0 Å². The Balaban J connectivity index is 1.92. The zero-order chi connectivity index (χ0) is 21.6. The van der Waals surface area contributed by atoms with Crippen LogP contribution >= 0.6 is 0 Å². The molecule has 0 radical (unpaired) electrons. The number of hydrogen-bond acceptors (Lipinski definition) is 6. The van der Waals surface area contributed by atoms with Gasteiger partial charge in [-0.2, -0.15) is 0 Å². The number of benzene rings is 2. The summed E-state index contributed by atoms with van der Waals surface area (Å²) >= 11 is 0. The number of carbonyl (C=O) groups is 2. The molecule has 0 fully saturated rings. The first-order valence-electron chi connectivity index (χ1n) is 8.97. The van der Waals surface area contributed by atoms with E-state index in [1.807, 2.05) is 12.1 Å². The molecule has 0 unspecified atom stereocenters. The van der Waals surface area contributed by atoms with Crippen molar-refractivity contribution in [2.45, 2.75) is 31.1 Å². The van der Waals surface area contributed by atoms with Crippen LogP contribution in [0.1, 0.15) is 47.1 Å². The summed E-state index contributed by atoms with van der Waals surface area (Å²) in [4.78, 5) is 25.2. The van der Waals surface area contributed by atoms with Crippen LogP contribution in [0.2, 0.25) is 0 Å². The highest BCUT2D eigenvalue weighted by molar-refractivity contribution is 7.90. The maximum absolute atomic E-state index is 12.9. The van der Waals surface area contributed by atoms with Gasteiger partial charge < -0.3 is 9.47 Å². The van der Waals surface area contributed by atoms with Crippen molar-refractivity contribution >= 4 is 21.7 Å². The van der Waals surface area contributed by atoms with Gasteiger partial charge in [0.05, 0.1) is 19.8 Å². The fourth-order valence-corrected chi connectivity index (χ4v) is 4.66. The highest BCUT2D eigenvalue weighted by Crippen LogP contribution is 2.38. The van der Waals surface area contributed by atoms with E-state index in [0.29, 0.717) is 9.87 Å². The lowest BCUT2D eigenvalue weighted by Crippen LogP contribution is -2.35. The lowest BCUT2D eigenvalue weighted by Gasteiger charge is -2.19. The fourth-order valence-electron chi connectivity index (χ4n) is 3.14. The van der Waals surface area contributed by atoms with Gasteiger partial charge in [-0.05, 0) is 17.0 Å². The summed E-state index contributed by atoms with van der Waals surface area (Å²) in [6.07, 6.45) is 0. The molecular weight excluding hydrogens is 394 g/mol. The molecule has 2 aromatic carbocycles. The SMILES string of the molecule is COc1cc2c(cc1OC)S(=O)(=O)N(CC(=O)c1ccc(C(C)(C)C)cc1)C2=O. The third-order valence-electron chi connectivity index (χ3n) is 4.87. The van der Waals surface area contributed by atoms with E-state index in [2.05, 4.69) is 20.8 Å². The molecule has 0 bridgehead atoms. The maximum Gasteiger partial charge on any atom is 0.269 e. The van der Waals surface area contributed by atoms with Crippen molar-refractivity contribution in [3.05, 3.63) is 53.1 Å². The van der Waals surface area contributed by atoms with Crippen molar-refractivity contribution in [2.75, 3.05) is 20.8 Å². The standard InChI is InChI=1S/C21H23NO6S/c1-21(2,3)14-8-6-13(7-9-14)16(23)12-22-20(24)15-10-17(27-4)18(28-5)11-19(15)29(22,25)26/h6-11H,12H2,1-5H3. The van der Waals surface area contributed by atoms with Gasteiger partial charge in [-0.3, -0.25) is 9.59 Å². The normalized spacial score (nSPS) is 15.2. The molecule has 1 heterocycles. The number of amides is 1. The molecule has 29 heavy (non-hydrogen) atoms. The largest absolute Gasteiger partial charge is 0.493 e. The molecule has 8 heteroatoms. The van der Waals surface area contributed by atoms with Crippen LogP contribution in [0, 0.1) is 0 Å². The Bertz CT molecular complexity index is 1080. The first-order chi connectivity index (χ1) is 13.5. The van der Waals surface area contributed by atoms with Crippen LogP contribution in [-0.4, -0.2) is 45.2 Å². The zero-order valence-electron chi connectivity index (χ0n) is 17.0. The molecule has 0 spiro atoms. The van der Waals surface area contributed by atoms with Crippen LogP contribution in [0.5, 0.6) is 11.5 Å². The number of ketones is 1. The molecule has 0 N–H and O–H groups in total. The minimum Gasteiger partial charge on any atom is -0.493 e. The van der Waals surface area contributed by atoms with Gasteiger partial charge in [-0.15, -0.1) is 0 Å². The van der Waals surface area contributed by atoms with Crippen molar-refractivity contribution in [1.82, 2.24) is 4.31 Å². The van der Waals surface area contributed by atoms with E-state index in [1.165, 1.54) is 26.4 Å². The zero-order valence-corrected chi connectivity index (χ0v) is 17.8. The molecule has 1 aliphatic heterocycles. The molecule has 0 atom stereocenters. The molecule has 2 aromatic rings. The summed E-state index contributed by atoms with van der Waals surface area (Å²) in [5, 5.41) is 0. The average Bonchev–Trinajstić information content (AvgIpc) is 2.86. The van der Waals surface area contributed by atoms with Crippen LogP contribution < -0.4 is 9.47 Å². The van der Waals surface area contributed by atoms with E-state index in [9.17, 15) is 18.0 Å². The van der Waals surface area contributed by atoms with Gasteiger partial charge in [0.2, 0.25) is 0 Å². The van der Waals surface area contributed by atoms with Gasteiger partial charge in [-0.25, -0.2) is 12.7 Å². The number of methoxy groups -OCH3 is 2. The number of nitrogens with zero attached hydrogens (tertiary/aromatic N) is 1. The second-order valence-electron chi connectivity index (χ2n) is 7.77. The molecular formula is C21H23NO6S. The van der Waals surface area contributed by atoms with Gasteiger partial charge in [0.25, 0.3) is 15.9 Å². The van der Waals surface area contributed by atoms with Crippen molar-refractivity contribution in [2.24, 2.45) is 0 Å². The van der Waals surface area contributed by atoms with Gasteiger partial charge >= 0.3 is 0 Å². The van der Waals surface area contributed by atoms with E-state index in [0.717, 1.165) is 5.56 Å². The van der Waals surface area contributed by atoms with Gasteiger partial charge in [0, 0.05) is 11.6 Å². The molecule has 0 saturated carbocycles. The summed E-state index contributed by atoms with van der Waals surface area (Å²) < 4.78 is 36.6. The topological polar surface area (TPSA) is 90.0 Å². The predicted octanol–water partition coefficient (Wildman–Crippen LogP) is 3.03.